The lowest BCUT2D eigenvalue weighted by molar-refractivity contribution is -0.143. The first-order valence-electron chi connectivity index (χ1n) is 12.7. The summed E-state index contributed by atoms with van der Waals surface area (Å²) in [4.78, 5) is 25.3. The van der Waals surface area contributed by atoms with Crippen molar-refractivity contribution in [2.45, 2.75) is 31.9 Å². The average Bonchev–Trinajstić information content (AvgIpc) is 2.99. The van der Waals surface area contributed by atoms with Gasteiger partial charge in [0, 0.05) is 12.0 Å². The summed E-state index contributed by atoms with van der Waals surface area (Å²) in [7, 11) is 1.25. The first-order valence-corrected chi connectivity index (χ1v) is 12.7. The summed E-state index contributed by atoms with van der Waals surface area (Å²) in [5.41, 5.74) is 1.72. The van der Waals surface area contributed by atoms with Crippen LogP contribution in [0.15, 0.2) is 103 Å². The van der Waals surface area contributed by atoms with Crippen molar-refractivity contribution in [3.05, 3.63) is 131 Å². The molecule has 0 aromatic heterocycles. The van der Waals surface area contributed by atoms with Gasteiger partial charge in [0.05, 0.1) is 12.7 Å². The Morgan fingerprint density at radius 2 is 1.32 bits per heavy atom. The highest BCUT2D eigenvalue weighted by molar-refractivity contribution is 5.96. The lowest BCUT2D eigenvalue weighted by atomic mass is 10.0. The summed E-state index contributed by atoms with van der Waals surface area (Å²) < 4.78 is 55.0. The van der Waals surface area contributed by atoms with Crippen molar-refractivity contribution in [3.63, 3.8) is 0 Å². The molecule has 4 aromatic carbocycles. The lowest BCUT2D eigenvalue weighted by Gasteiger charge is -2.17. The molecule has 0 aliphatic rings. The smallest absolute Gasteiger partial charge is 0.416 e. The molecule has 4 rings (SSSR count). The molecule has 0 radical (unpaired) electrons. The second-order valence-electron chi connectivity index (χ2n) is 9.18. The van der Waals surface area contributed by atoms with E-state index in [2.05, 4.69) is 5.32 Å². The molecule has 1 unspecified atom stereocenters. The van der Waals surface area contributed by atoms with E-state index in [1.807, 2.05) is 42.5 Å². The quantitative estimate of drug-likeness (QED) is 0.215. The molecule has 9 heteroatoms. The lowest BCUT2D eigenvalue weighted by Crippen LogP contribution is -2.43. The van der Waals surface area contributed by atoms with Crippen LogP contribution in [-0.2, 0) is 35.3 Å². The topological polar surface area (TPSA) is 73.9 Å². The molecule has 0 saturated heterocycles. The number of rotatable bonds is 11. The first-order chi connectivity index (χ1) is 19.7. The van der Waals surface area contributed by atoms with E-state index in [0.29, 0.717) is 23.7 Å². The summed E-state index contributed by atoms with van der Waals surface area (Å²) in [6.45, 7) is 0.353. The van der Waals surface area contributed by atoms with E-state index in [-0.39, 0.29) is 18.6 Å². The highest BCUT2D eigenvalue weighted by Gasteiger charge is 2.30. The Hall–Kier alpha value is -4.79. The zero-order valence-electron chi connectivity index (χ0n) is 22.2. The van der Waals surface area contributed by atoms with Crippen molar-refractivity contribution in [2.24, 2.45) is 0 Å². The van der Waals surface area contributed by atoms with Gasteiger partial charge in [-0.25, -0.2) is 4.79 Å². The minimum absolute atomic E-state index is 0.0734. The van der Waals surface area contributed by atoms with Gasteiger partial charge in [-0.1, -0.05) is 54.6 Å². The molecule has 0 aliphatic carbocycles. The Bertz CT molecular complexity index is 1440. The van der Waals surface area contributed by atoms with Gasteiger partial charge in [-0.3, -0.25) is 4.79 Å². The number of carbonyl (C=O) groups excluding carboxylic acids is 2. The SMILES string of the molecule is COC(=O)C(Cc1ccc(OCc2ccccc2)cc1)NC(=O)c1ccc(OCc2cccc(C(F)(F)F)c2)cc1. The van der Waals surface area contributed by atoms with Crippen LogP contribution in [0.5, 0.6) is 11.5 Å². The molecule has 0 fully saturated rings. The van der Waals surface area contributed by atoms with Gasteiger partial charge in [-0.2, -0.15) is 13.2 Å². The van der Waals surface area contributed by atoms with Crippen molar-refractivity contribution >= 4 is 11.9 Å². The van der Waals surface area contributed by atoms with Crippen molar-refractivity contribution in [1.82, 2.24) is 5.32 Å². The fraction of sp³-hybridized carbons (Fsp3) is 0.188. The Morgan fingerprint density at radius 1 is 0.732 bits per heavy atom. The van der Waals surface area contributed by atoms with E-state index < -0.39 is 29.7 Å². The molecule has 0 heterocycles. The summed E-state index contributed by atoms with van der Waals surface area (Å²) >= 11 is 0. The van der Waals surface area contributed by atoms with Crippen molar-refractivity contribution < 1.29 is 37.0 Å². The third-order valence-corrected chi connectivity index (χ3v) is 6.18. The van der Waals surface area contributed by atoms with Crippen LogP contribution in [0.4, 0.5) is 13.2 Å². The molecule has 0 spiro atoms. The van der Waals surface area contributed by atoms with Gasteiger partial charge in [-0.15, -0.1) is 0 Å². The van der Waals surface area contributed by atoms with Crippen molar-refractivity contribution in [1.29, 1.82) is 0 Å². The van der Waals surface area contributed by atoms with Crippen LogP contribution in [-0.4, -0.2) is 25.0 Å². The van der Waals surface area contributed by atoms with Gasteiger partial charge in [0.1, 0.15) is 30.8 Å². The third-order valence-electron chi connectivity index (χ3n) is 6.18. The highest BCUT2D eigenvalue weighted by atomic mass is 19.4. The van der Waals surface area contributed by atoms with Crippen LogP contribution in [0, 0.1) is 0 Å². The number of amides is 1. The van der Waals surface area contributed by atoms with Gasteiger partial charge in [0.25, 0.3) is 5.91 Å². The molecule has 6 nitrogen and oxygen atoms in total. The van der Waals surface area contributed by atoms with Gasteiger partial charge in [-0.05, 0) is 65.2 Å². The van der Waals surface area contributed by atoms with Crippen molar-refractivity contribution in [3.8, 4) is 11.5 Å². The normalized spacial score (nSPS) is 11.8. The summed E-state index contributed by atoms with van der Waals surface area (Å²) in [5.74, 6) is -0.0406. The van der Waals surface area contributed by atoms with E-state index in [0.717, 1.165) is 23.3 Å². The third kappa shape index (κ3) is 8.60. The molecule has 0 aliphatic heterocycles. The Morgan fingerprint density at radius 3 is 1.93 bits per heavy atom. The molecule has 212 valence electrons. The Labute approximate surface area is 235 Å². The summed E-state index contributed by atoms with van der Waals surface area (Å²) in [5, 5.41) is 2.70. The largest absolute Gasteiger partial charge is 0.489 e. The number of hydrogen-bond acceptors (Lipinski definition) is 5. The predicted octanol–water partition coefficient (Wildman–Crippen LogP) is 6.38. The van der Waals surface area contributed by atoms with Crippen LogP contribution < -0.4 is 14.8 Å². The standard InChI is InChI=1S/C32H28F3NO5/c1-39-31(38)29(19-22-10-14-27(15-11-22)40-20-23-6-3-2-4-7-23)36-30(37)25-12-16-28(17-13-25)41-21-24-8-5-9-26(18-24)32(33,34)35/h2-18,29H,19-21H2,1H3,(H,36,37). The number of methoxy groups -OCH3 is 1. The number of carbonyl (C=O) groups is 2. The summed E-state index contributed by atoms with van der Waals surface area (Å²) in [6, 6.07) is 27.0. The zero-order chi connectivity index (χ0) is 29.2. The number of ether oxygens (including phenoxy) is 3. The minimum atomic E-state index is -4.44. The van der Waals surface area contributed by atoms with E-state index in [4.69, 9.17) is 14.2 Å². The number of hydrogen-bond donors (Lipinski definition) is 1. The van der Waals surface area contributed by atoms with Crippen molar-refractivity contribution in [2.75, 3.05) is 7.11 Å². The molecule has 1 amide bonds. The van der Waals surface area contributed by atoms with Gasteiger partial charge < -0.3 is 19.5 Å². The van der Waals surface area contributed by atoms with E-state index in [9.17, 15) is 22.8 Å². The maximum Gasteiger partial charge on any atom is 0.416 e. The number of halogens is 3. The second kappa shape index (κ2) is 13.5. The number of nitrogens with one attached hydrogen (secondary N) is 1. The monoisotopic (exact) mass is 563 g/mol. The van der Waals surface area contributed by atoms with Gasteiger partial charge >= 0.3 is 12.1 Å². The average molecular weight is 564 g/mol. The van der Waals surface area contributed by atoms with Gasteiger partial charge in [0.15, 0.2) is 0 Å². The molecule has 4 aromatic rings. The molecule has 1 atom stereocenters. The van der Waals surface area contributed by atoms with Crippen LogP contribution in [0.25, 0.3) is 0 Å². The number of esters is 1. The fourth-order valence-corrected chi connectivity index (χ4v) is 3.98. The minimum Gasteiger partial charge on any atom is -0.489 e. The van der Waals surface area contributed by atoms with E-state index in [1.54, 1.807) is 12.1 Å². The van der Waals surface area contributed by atoms with E-state index >= 15 is 0 Å². The van der Waals surface area contributed by atoms with Crippen LogP contribution >= 0.6 is 0 Å². The Balaban J connectivity index is 1.32. The maximum atomic E-state index is 12.9. The highest BCUT2D eigenvalue weighted by Crippen LogP contribution is 2.29. The molecule has 0 saturated carbocycles. The zero-order valence-corrected chi connectivity index (χ0v) is 22.2. The van der Waals surface area contributed by atoms with Crippen LogP contribution in [0.1, 0.15) is 32.6 Å². The summed E-state index contributed by atoms with van der Waals surface area (Å²) in [6.07, 6.45) is -4.23. The van der Waals surface area contributed by atoms with Gasteiger partial charge in [0.2, 0.25) is 0 Å². The Kier molecular flexibility index (Phi) is 9.63. The fourth-order valence-electron chi connectivity index (χ4n) is 3.98. The molecule has 41 heavy (non-hydrogen) atoms. The maximum absolute atomic E-state index is 12.9. The molecular weight excluding hydrogens is 535 g/mol. The van der Waals surface area contributed by atoms with E-state index in [1.165, 1.54) is 43.5 Å². The van der Waals surface area contributed by atoms with Crippen LogP contribution in [0.3, 0.4) is 0 Å². The van der Waals surface area contributed by atoms with Crippen LogP contribution in [0.2, 0.25) is 0 Å². The predicted molar refractivity (Wildman–Crippen MR) is 146 cm³/mol. The first kappa shape index (κ1) is 29.2. The second-order valence-corrected chi connectivity index (χ2v) is 9.18. The molecule has 0 bridgehead atoms. The molecule has 1 N–H and O–H groups in total. The number of alkyl halides is 3. The molecular formula is C32H28F3NO5. The number of benzene rings is 4.